The number of para-hydroxylation sites is 2. The van der Waals surface area contributed by atoms with Crippen molar-refractivity contribution in [2.75, 3.05) is 18.1 Å². The Bertz CT molecular complexity index is 1110. The van der Waals surface area contributed by atoms with Gasteiger partial charge in [-0.15, -0.1) is 0 Å². The Morgan fingerprint density at radius 2 is 2.07 bits per heavy atom. The van der Waals surface area contributed by atoms with Gasteiger partial charge in [-0.05, 0) is 49.1 Å². The summed E-state index contributed by atoms with van der Waals surface area (Å²) in [6, 6.07) is 15.5. The average Bonchev–Trinajstić information content (AvgIpc) is 3.20. The lowest BCUT2D eigenvalue weighted by atomic mass is 10.1. The Kier molecular flexibility index (Phi) is 5.61. The molecule has 4 rings (SSSR count). The van der Waals surface area contributed by atoms with Crippen LogP contribution in [0.4, 0.5) is 0 Å². The van der Waals surface area contributed by atoms with Crippen LogP contribution in [0.25, 0.3) is 11.0 Å². The fourth-order valence-electron chi connectivity index (χ4n) is 3.94. The van der Waals surface area contributed by atoms with Gasteiger partial charge in [-0.3, -0.25) is 0 Å². The summed E-state index contributed by atoms with van der Waals surface area (Å²) in [5.41, 5.74) is 2.90. The highest BCUT2D eigenvalue weighted by molar-refractivity contribution is 7.91. The first-order valence-corrected chi connectivity index (χ1v) is 11.7. The molecule has 154 valence electrons. The lowest BCUT2D eigenvalue weighted by molar-refractivity contribution is 0.0925. The van der Waals surface area contributed by atoms with Crippen LogP contribution >= 0.6 is 0 Å². The molecule has 1 aliphatic rings. The second-order valence-electron chi connectivity index (χ2n) is 7.88. The summed E-state index contributed by atoms with van der Waals surface area (Å²) in [4.78, 5) is 4.72. The number of rotatable bonds is 7. The Labute approximate surface area is 171 Å². The zero-order chi connectivity index (χ0) is 20.4. The van der Waals surface area contributed by atoms with E-state index in [2.05, 4.69) is 0 Å². The van der Waals surface area contributed by atoms with Gasteiger partial charge >= 0.3 is 0 Å². The van der Waals surface area contributed by atoms with E-state index in [9.17, 15) is 13.5 Å². The van der Waals surface area contributed by atoms with Gasteiger partial charge in [0.1, 0.15) is 24.3 Å². The van der Waals surface area contributed by atoms with Crippen LogP contribution in [0, 0.1) is 12.8 Å². The number of hydrogen-bond acceptors (Lipinski definition) is 5. The number of fused-ring (bicyclic) bond motifs is 1. The highest BCUT2D eigenvalue weighted by atomic mass is 32.2. The van der Waals surface area contributed by atoms with Crippen LogP contribution in [0.5, 0.6) is 5.75 Å². The molecule has 0 saturated carbocycles. The molecule has 2 aromatic carbocycles. The van der Waals surface area contributed by atoms with Crippen molar-refractivity contribution in [1.29, 1.82) is 0 Å². The molecule has 0 unspecified atom stereocenters. The minimum absolute atomic E-state index is 0.0799. The Morgan fingerprint density at radius 3 is 2.83 bits per heavy atom. The maximum absolute atomic E-state index is 11.8. The number of hydrogen-bond donors (Lipinski definition) is 1. The number of ether oxygens (including phenoxy) is 1. The van der Waals surface area contributed by atoms with Gasteiger partial charge in [-0.25, -0.2) is 13.4 Å². The molecular formula is C22H26N2O4S. The number of aliphatic hydroxyl groups is 1. The van der Waals surface area contributed by atoms with Crippen LogP contribution in [-0.4, -0.2) is 47.3 Å². The maximum atomic E-state index is 11.8. The topological polar surface area (TPSA) is 81.4 Å². The van der Waals surface area contributed by atoms with Crippen LogP contribution in [0.15, 0.2) is 48.5 Å². The molecule has 1 N–H and O–H groups in total. The SMILES string of the molecule is Cc1cccc(OC[C@H](O)Cn2c(C[C@@H]3CCS(=O)(=O)C3)nc3ccccc32)c1. The molecule has 29 heavy (non-hydrogen) atoms. The van der Waals surface area contributed by atoms with Crippen LogP contribution in [0.1, 0.15) is 17.8 Å². The van der Waals surface area contributed by atoms with Crippen molar-refractivity contribution in [2.45, 2.75) is 32.4 Å². The van der Waals surface area contributed by atoms with Gasteiger partial charge < -0.3 is 14.4 Å². The zero-order valence-electron chi connectivity index (χ0n) is 16.5. The summed E-state index contributed by atoms with van der Waals surface area (Å²) in [5, 5.41) is 10.6. The summed E-state index contributed by atoms with van der Waals surface area (Å²) in [6.07, 6.45) is 0.559. The molecule has 2 heterocycles. The van der Waals surface area contributed by atoms with Gasteiger partial charge in [-0.2, -0.15) is 0 Å². The molecule has 0 amide bonds. The Balaban J connectivity index is 1.50. The van der Waals surface area contributed by atoms with E-state index in [4.69, 9.17) is 9.72 Å². The smallest absolute Gasteiger partial charge is 0.150 e. The molecule has 2 atom stereocenters. The van der Waals surface area contributed by atoms with Crippen molar-refractivity contribution < 1.29 is 18.3 Å². The fourth-order valence-corrected chi connectivity index (χ4v) is 5.80. The number of aliphatic hydroxyl groups excluding tert-OH is 1. The summed E-state index contributed by atoms with van der Waals surface area (Å²) in [7, 11) is -2.93. The van der Waals surface area contributed by atoms with Crippen molar-refractivity contribution in [1.82, 2.24) is 9.55 Å². The largest absolute Gasteiger partial charge is 0.491 e. The third-order valence-corrected chi connectivity index (χ3v) is 7.19. The minimum atomic E-state index is -2.93. The van der Waals surface area contributed by atoms with Crippen LogP contribution in [0.2, 0.25) is 0 Å². The van der Waals surface area contributed by atoms with E-state index < -0.39 is 15.9 Å². The van der Waals surface area contributed by atoms with E-state index in [1.165, 1.54) is 0 Å². The molecular weight excluding hydrogens is 388 g/mol. The first-order valence-electron chi connectivity index (χ1n) is 9.92. The van der Waals surface area contributed by atoms with Crippen molar-refractivity contribution >= 4 is 20.9 Å². The number of benzene rings is 2. The van der Waals surface area contributed by atoms with Crippen LogP contribution < -0.4 is 4.74 Å². The number of aromatic nitrogens is 2. The number of aryl methyl sites for hydroxylation is 1. The van der Waals surface area contributed by atoms with Gasteiger partial charge in [0.05, 0.1) is 29.1 Å². The third-order valence-electron chi connectivity index (χ3n) is 5.36. The molecule has 1 saturated heterocycles. The first-order chi connectivity index (χ1) is 13.9. The zero-order valence-corrected chi connectivity index (χ0v) is 17.3. The van der Waals surface area contributed by atoms with E-state index in [0.29, 0.717) is 19.4 Å². The monoisotopic (exact) mass is 414 g/mol. The molecule has 0 spiro atoms. The minimum Gasteiger partial charge on any atom is -0.491 e. The van der Waals surface area contributed by atoms with Crippen LogP contribution in [-0.2, 0) is 22.8 Å². The number of nitrogens with zero attached hydrogens (tertiary/aromatic N) is 2. The average molecular weight is 415 g/mol. The summed E-state index contributed by atoms with van der Waals surface area (Å²) in [6.45, 7) is 2.52. The molecule has 7 heteroatoms. The highest BCUT2D eigenvalue weighted by Gasteiger charge is 2.29. The van der Waals surface area contributed by atoms with Gasteiger partial charge in [0, 0.05) is 6.42 Å². The number of sulfone groups is 1. The van der Waals surface area contributed by atoms with E-state index in [1.54, 1.807) is 0 Å². The maximum Gasteiger partial charge on any atom is 0.150 e. The van der Waals surface area contributed by atoms with Crippen molar-refractivity contribution in [3.05, 3.63) is 59.9 Å². The van der Waals surface area contributed by atoms with Crippen LogP contribution in [0.3, 0.4) is 0 Å². The molecule has 0 radical (unpaired) electrons. The lowest BCUT2D eigenvalue weighted by Gasteiger charge is -2.17. The van der Waals surface area contributed by atoms with E-state index in [1.807, 2.05) is 60.0 Å². The molecule has 1 fully saturated rings. The Hall–Kier alpha value is -2.38. The molecule has 3 aromatic rings. The normalized spacial score (nSPS) is 19.4. The summed E-state index contributed by atoms with van der Waals surface area (Å²) in [5.74, 6) is 2.11. The van der Waals surface area contributed by atoms with Gasteiger partial charge in [0.15, 0.2) is 9.84 Å². The second kappa shape index (κ2) is 8.16. The second-order valence-corrected chi connectivity index (χ2v) is 10.1. The van der Waals surface area contributed by atoms with E-state index in [0.717, 1.165) is 28.2 Å². The summed E-state index contributed by atoms with van der Waals surface area (Å²) < 4.78 is 31.4. The van der Waals surface area contributed by atoms with Crippen molar-refractivity contribution in [3.8, 4) is 5.75 Å². The van der Waals surface area contributed by atoms with Gasteiger partial charge in [-0.1, -0.05) is 24.3 Å². The quantitative estimate of drug-likeness (QED) is 0.643. The molecule has 1 aromatic heterocycles. The molecule has 0 bridgehead atoms. The first kappa shape index (κ1) is 19.9. The lowest BCUT2D eigenvalue weighted by Crippen LogP contribution is -2.25. The third kappa shape index (κ3) is 4.79. The number of imidazole rings is 1. The molecule has 0 aliphatic carbocycles. The highest BCUT2D eigenvalue weighted by Crippen LogP contribution is 2.25. The predicted molar refractivity (Wildman–Crippen MR) is 113 cm³/mol. The standard InChI is InChI=1S/C22H26N2O4S/c1-16-5-4-6-19(11-16)28-14-18(25)13-24-21-8-3-2-7-20(21)23-22(24)12-17-9-10-29(26,27)15-17/h2-8,11,17-18,25H,9-10,12-15H2,1H3/t17-,18+/m0/s1. The Morgan fingerprint density at radius 1 is 1.24 bits per heavy atom. The summed E-state index contributed by atoms with van der Waals surface area (Å²) >= 11 is 0. The van der Waals surface area contributed by atoms with Crippen molar-refractivity contribution in [3.63, 3.8) is 0 Å². The van der Waals surface area contributed by atoms with E-state index >= 15 is 0 Å². The van der Waals surface area contributed by atoms with Gasteiger partial charge in [0.2, 0.25) is 0 Å². The molecule has 6 nitrogen and oxygen atoms in total. The van der Waals surface area contributed by atoms with Gasteiger partial charge in [0.25, 0.3) is 0 Å². The predicted octanol–water partition coefficient (Wildman–Crippen LogP) is 2.76. The van der Waals surface area contributed by atoms with Crippen molar-refractivity contribution in [2.24, 2.45) is 5.92 Å². The fraction of sp³-hybridized carbons (Fsp3) is 0.409. The van der Waals surface area contributed by atoms with E-state index in [-0.39, 0.29) is 24.0 Å². The molecule has 1 aliphatic heterocycles.